The minimum absolute atomic E-state index is 0.294. The van der Waals surface area contributed by atoms with Crippen LogP contribution in [0.2, 0.25) is 0 Å². The largest absolute Gasteiger partial charge is 0.601 e. The summed E-state index contributed by atoms with van der Waals surface area (Å²) >= 11 is 0. The van der Waals surface area contributed by atoms with Crippen LogP contribution in [0.5, 0.6) is 0 Å². The van der Waals surface area contributed by atoms with Crippen LogP contribution >= 0.6 is 0 Å². The molecule has 0 aliphatic heterocycles. The predicted molar refractivity (Wildman–Crippen MR) is 19.4 cm³/mol. The first-order chi connectivity index (χ1) is 2.77. The molecule has 0 fully saturated rings. The van der Waals surface area contributed by atoms with E-state index in [0.29, 0.717) is 6.61 Å². The summed E-state index contributed by atoms with van der Waals surface area (Å²) in [4.78, 5) is 0. The van der Waals surface area contributed by atoms with Crippen molar-refractivity contribution in [2.75, 3.05) is 6.61 Å². The number of rotatable bonds is 1. The average molecular weight is 88.1 g/mol. The van der Waals surface area contributed by atoms with Gasteiger partial charge in [-0.15, -0.1) is 0 Å². The third kappa shape index (κ3) is 3.27. The van der Waals surface area contributed by atoms with Gasteiger partial charge < -0.3 is 9.84 Å². The molecular formula is C3H6NO2-. The van der Waals surface area contributed by atoms with Crippen LogP contribution in [0.15, 0.2) is 0 Å². The topological polar surface area (TPSA) is 56.1 Å². The number of nitrogens with one attached hydrogen (secondary N) is 1. The fourth-order valence-electron chi connectivity index (χ4n) is 0.131. The minimum Gasteiger partial charge on any atom is -0.601 e. The summed E-state index contributed by atoms with van der Waals surface area (Å²) in [5, 5.41) is 15.6. The molecule has 0 bridgehead atoms. The lowest BCUT2D eigenvalue weighted by Crippen LogP contribution is -2.18. The van der Waals surface area contributed by atoms with Gasteiger partial charge in [0.1, 0.15) is 6.08 Å². The van der Waals surface area contributed by atoms with Gasteiger partial charge in [0.2, 0.25) is 0 Å². The van der Waals surface area contributed by atoms with Crippen LogP contribution in [0.4, 0.5) is 0 Å². The van der Waals surface area contributed by atoms with Crippen LogP contribution in [0.1, 0.15) is 6.92 Å². The molecule has 0 aromatic rings. The van der Waals surface area contributed by atoms with Crippen LogP contribution in [0, 0.1) is 5.41 Å². The van der Waals surface area contributed by atoms with Gasteiger partial charge in [-0.1, -0.05) is 6.92 Å². The second-order valence-electron chi connectivity index (χ2n) is 0.720. The molecule has 0 atom stereocenters. The number of ether oxygens (including phenoxy) is 1. The second kappa shape index (κ2) is 2.50. The van der Waals surface area contributed by atoms with E-state index in [1.165, 1.54) is 0 Å². The summed E-state index contributed by atoms with van der Waals surface area (Å²) in [6.45, 7) is 1.95. The Bertz CT molecular complexity index is 52.8. The van der Waals surface area contributed by atoms with E-state index in [1.54, 1.807) is 6.92 Å². The molecule has 0 aromatic carbocycles. The molecule has 6 heavy (non-hydrogen) atoms. The molecule has 0 heterocycles. The fourth-order valence-corrected chi connectivity index (χ4v) is 0.131. The van der Waals surface area contributed by atoms with Crippen molar-refractivity contribution in [3.8, 4) is 0 Å². The SMILES string of the molecule is CCOC(=N)[O-]. The van der Waals surface area contributed by atoms with Crippen LogP contribution in [-0.2, 0) is 4.74 Å². The van der Waals surface area contributed by atoms with Crippen molar-refractivity contribution in [2.45, 2.75) is 6.92 Å². The van der Waals surface area contributed by atoms with Crippen molar-refractivity contribution in [3.05, 3.63) is 0 Å². The molecule has 0 spiro atoms. The van der Waals surface area contributed by atoms with E-state index < -0.39 is 6.08 Å². The molecule has 0 rings (SSSR count). The highest BCUT2D eigenvalue weighted by atomic mass is 16.6. The maximum Gasteiger partial charge on any atom is 0.142 e. The fraction of sp³-hybridized carbons (Fsp3) is 0.667. The molecule has 0 saturated heterocycles. The molecule has 0 radical (unpaired) electrons. The monoisotopic (exact) mass is 88.0 g/mol. The van der Waals surface area contributed by atoms with E-state index >= 15 is 0 Å². The first-order valence-electron chi connectivity index (χ1n) is 1.65. The Balaban J connectivity index is 2.83. The lowest BCUT2D eigenvalue weighted by molar-refractivity contribution is -0.252. The lowest BCUT2D eigenvalue weighted by atomic mass is 10.9. The number of hydrogen-bond acceptors (Lipinski definition) is 3. The zero-order valence-corrected chi connectivity index (χ0v) is 3.52. The van der Waals surface area contributed by atoms with Gasteiger partial charge in [-0.25, -0.2) is 0 Å². The van der Waals surface area contributed by atoms with E-state index in [4.69, 9.17) is 5.41 Å². The summed E-state index contributed by atoms with van der Waals surface area (Å²) in [6.07, 6.45) is -0.961. The first-order valence-corrected chi connectivity index (χ1v) is 1.65. The third-order valence-corrected chi connectivity index (χ3v) is 0.275. The third-order valence-electron chi connectivity index (χ3n) is 0.275. The maximum absolute atomic E-state index is 9.49. The molecule has 3 heteroatoms. The summed E-state index contributed by atoms with van der Waals surface area (Å²) in [5.41, 5.74) is 0. The lowest BCUT2D eigenvalue weighted by Gasteiger charge is -2.05. The quantitative estimate of drug-likeness (QED) is 0.341. The van der Waals surface area contributed by atoms with Crippen LogP contribution in [0.25, 0.3) is 0 Å². The molecule has 0 aliphatic carbocycles. The smallest absolute Gasteiger partial charge is 0.142 e. The van der Waals surface area contributed by atoms with Gasteiger partial charge in [0.25, 0.3) is 0 Å². The summed E-state index contributed by atoms with van der Waals surface area (Å²) in [7, 11) is 0. The summed E-state index contributed by atoms with van der Waals surface area (Å²) in [5.74, 6) is 0. The summed E-state index contributed by atoms with van der Waals surface area (Å²) < 4.78 is 4.07. The predicted octanol–water partition coefficient (Wildman–Crippen LogP) is -0.682. The molecule has 0 unspecified atom stereocenters. The van der Waals surface area contributed by atoms with Gasteiger partial charge in [0, 0.05) is 0 Å². The standard InChI is InChI=1S/C3H7NO2/c1-2-6-3(4)5/h2H2,1H3,(H2,4,5)/p-1. The highest BCUT2D eigenvalue weighted by molar-refractivity contribution is 5.56. The van der Waals surface area contributed by atoms with Gasteiger partial charge in [-0.2, -0.15) is 0 Å². The molecule has 1 N–H and O–H groups in total. The van der Waals surface area contributed by atoms with Crippen molar-refractivity contribution >= 4 is 6.08 Å². The van der Waals surface area contributed by atoms with E-state index in [-0.39, 0.29) is 0 Å². The Labute approximate surface area is 36.1 Å². The second-order valence-corrected chi connectivity index (χ2v) is 0.720. The van der Waals surface area contributed by atoms with E-state index in [0.717, 1.165) is 0 Å². The summed E-state index contributed by atoms with van der Waals surface area (Å²) in [6, 6.07) is 0. The van der Waals surface area contributed by atoms with E-state index in [2.05, 4.69) is 4.74 Å². The molecule has 0 amide bonds. The zero-order chi connectivity index (χ0) is 4.99. The molecule has 3 nitrogen and oxygen atoms in total. The molecule has 0 aromatic heterocycles. The molecule has 0 aliphatic rings. The van der Waals surface area contributed by atoms with Gasteiger partial charge in [0.05, 0.1) is 0 Å². The molecular weight excluding hydrogens is 82.0 g/mol. The van der Waals surface area contributed by atoms with Crippen LogP contribution in [-0.4, -0.2) is 12.7 Å². The molecule has 0 saturated carbocycles. The Kier molecular flexibility index (Phi) is 2.20. The van der Waals surface area contributed by atoms with Crippen molar-refractivity contribution in [3.63, 3.8) is 0 Å². The van der Waals surface area contributed by atoms with Gasteiger partial charge in [-0.3, -0.25) is 5.41 Å². The van der Waals surface area contributed by atoms with Crippen molar-refractivity contribution < 1.29 is 9.84 Å². The Hall–Kier alpha value is -0.730. The maximum atomic E-state index is 9.49. The van der Waals surface area contributed by atoms with Gasteiger partial charge >= 0.3 is 0 Å². The van der Waals surface area contributed by atoms with Gasteiger partial charge in [0.15, 0.2) is 0 Å². The Morgan fingerprint density at radius 3 is 2.50 bits per heavy atom. The molecule has 36 valence electrons. The van der Waals surface area contributed by atoms with E-state index in [9.17, 15) is 5.11 Å². The zero-order valence-electron chi connectivity index (χ0n) is 3.52. The van der Waals surface area contributed by atoms with Crippen molar-refractivity contribution in [2.24, 2.45) is 0 Å². The minimum atomic E-state index is -0.961. The van der Waals surface area contributed by atoms with Gasteiger partial charge in [-0.05, 0) is 6.61 Å². The van der Waals surface area contributed by atoms with Crippen LogP contribution in [0.3, 0.4) is 0 Å². The Morgan fingerprint density at radius 2 is 2.50 bits per heavy atom. The highest BCUT2D eigenvalue weighted by Crippen LogP contribution is 1.62. The number of hydrogen-bond donors (Lipinski definition) is 1. The van der Waals surface area contributed by atoms with Crippen LogP contribution < -0.4 is 5.11 Å². The average Bonchev–Trinajstić information content (AvgIpc) is 1.35. The Morgan fingerprint density at radius 1 is 2.00 bits per heavy atom. The first kappa shape index (κ1) is 5.27. The highest BCUT2D eigenvalue weighted by Gasteiger charge is 1.64. The van der Waals surface area contributed by atoms with Crippen molar-refractivity contribution in [1.29, 1.82) is 5.41 Å². The normalized spacial score (nSPS) is 7.50. The van der Waals surface area contributed by atoms with E-state index in [1.807, 2.05) is 0 Å². The van der Waals surface area contributed by atoms with Crippen molar-refractivity contribution in [1.82, 2.24) is 0 Å².